The van der Waals surface area contributed by atoms with E-state index in [9.17, 15) is 9.59 Å². The SMILES string of the molecule is [C-]#[N+]C(C)n1c(=S)n(C)c(=O)n(C(C)(C)C)c1=O. The molecule has 1 atom stereocenters. The van der Waals surface area contributed by atoms with Crippen LogP contribution < -0.4 is 11.4 Å². The van der Waals surface area contributed by atoms with E-state index in [4.69, 9.17) is 18.8 Å². The molecule has 1 rings (SSSR count). The fourth-order valence-corrected chi connectivity index (χ4v) is 1.92. The third-order valence-corrected chi connectivity index (χ3v) is 3.07. The Morgan fingerprint density at radius 2 is 1.78 bits per heavy atom. The Hall–Kier alpha value is -1.68. The lowest BCUT2D eigenvalue weighted by atomic mass is 10.1. The Morgan fingerprint density at radius 1 is 1.28 bits per heavy atom. The van der Waals surface area contributed by atoms with Crippen molar-refractivity contribution in [3.63, 3.8) is 0 Å². The van der Waals surface area contributed by atoms with Gasteiger partial charge in [-0.05, 0) is 33.0 Å². The van der Waals surface area contributed by atoms with Crippen LogP contribution in [0.25, 0.3) is 4.85 Å². The molecule has 0 fully saturated rings. The van der Waals surface area contributed by atoms with Crippen LogP contribution in [0.15, 0.2) is 9.59 Å². The molecule has 1 heterocycles. The summed E-state index contributed by atoms with van der Waals surface area (Å²) in [5, 5.41) is 0. The summed E-state index contributed by atoms with van der Waals surface area (Å²) in [4.78, 5) is 27.7. The summed E-state index contributed by atoms with van der Waals surface area (Å²) < 4.78 is 3.55. The number of hydrogen-bond donors (Lipinski definition) is 0. The quantitative estimate of drug-likeness (QED) is 0.569. The predicted octanol–water partition coefficient (Wildman–Crippen LogP) is 1.27. The molecule has 0 bridgehead atoms. The van der Waals surface area contributed by atoms with Gasteiger partial charge in [-0.3, -0.25) is 9.41 Å². The smallest absolute Gasteiger partial charge is 0.289 e. The maximum atomic E-state index is 12.3. The topological polar surface area (TPSA) is 53.3 Å². The Balaban J connectivity index is 3.98. The van der Waals surface area contributed by atoms with E-state index in [-0.39, 0.29) is 4.77 Å². The van der Waals surface area contributed by atoms with Crippen molar-refractivity contribution >= 4 is 12.2 Å². The summed E-state index contributed by atoms with van der Waals surface area (Å²) in [6, 6.07) is 0. The summed E-state index contributed by atoms with van der Waals surface area (Å²) in [5.74, 6) is 0. The highest BCUT2D eigenvalue weighted by molar-refractivity contribution is 7.71. The second kappa shape index (κ2) is 4.53. The Morgan fingerprint density at radius 3 is 2.17 bits per heavy atom. The van der Waals surface area contributed by atoms with Gasteiger partial charge in [-0.1, -0.05) is 0 Å². The van der Waals surface area contributed by atoms with E-state index in [0.29, 0.717) is 0 Å². The molecule has 0 radical (unpaired) electrons. The molecule has 0 saturated carbocycles. The molecular formula is C11H16N4O2S. The minimum atomic E-state index is -0.731. The summed E-state index contributed by atoms with van der Waals surface area (Å²) >= 11 is 5.06. The normalized spacial score (nSPS) is 13.1. The van der Waals surface area contributed by atoms with E-state index in [2.05, 4.69) is 4.85 Å². The van der Waals surface area contributed by atoms with Crippen LogP contribution in [0.4, 0.5) is 0 Å². The zero-order valence-electron chi connectivity index (χ0n) is 11.1. The molecule has 98 valence electrons. The molecule has 0 aliphatic heterocycles. The minimum absolute atomic E-state index is 0.0639. The van der Waals surface area contributed by atoms with Crippen molar-refractivity contribution < 1.29 is 0 Å². The third kappa shape index (κ3) is 2.16. The molecule has 0 amide bonds. The summed E-state index contributed by atoms with van der Waals surface area (Å²) in [6.07, 6.45) is -0.731. The molecule has 0 saturated heterocycles. The van der Waals surface area contributed by atoms with E-state index in [1.807, 2.05) is 0 Å². The van der Waals surface area contributed by atoms with Crippen molar-refractivity contribution in [1.82, 2.24) is 13.7 Å². The van der Waals surface area contributed by atoms with Gasteiger partial charge in [0.05, 0.1) is 0 Å². The zero-order chi connectivity index (χ0) is 14.2. The van der Waals surface area contributed by atoms with Crippen molar-refractivity contribution in [2.75, 3.05) is 0 Å². The molecule has 1 aromatic heterocycles. The predicted molar refractivity (Wildman–Crippen MR) is 71.1 cm³/mol. The van der Waals surface area contributed by atoms with Crippen molar-refractivity contribution in [3.8, 4) is 0 Å². The van der Waals surface area contributed by atoms with Crippen LogP contribution in [-0.2, 0) is 12.6 Å². The molecule has 0 aromatic carbocycles. The fraction of sp³-hybridized carbons (Fsp3) is 0.636. The maximum Gasteiger partial charge on any atom is 0.340 e. The van der Waals surface area contributed by atoms with Gasteiger partial charge in [0.1, 0.15) is 0 Å². The van der Waals surface area contributed by atoms with Gasteiger partial charge in [0, 0.05) is 19.5 Å². The maximum absolute atomic E-state index is 12.3. The van der Waals surface area contributed by atoms with Gasteiger partial charge in [-0.15, -0.1) is 0 Å². The molecule has 0 spiro atoms. The Labute approximate surface area is 110 Å². The van der Waals surface area contributed by atoms with E-state index in [1.54, 1.807) is 27.7 Å². The van der Waals surface area contributed by atoms with Crippen LogP contribution in [0.2, 0.25) is 0 Å². The first-order valence-corrected chi connectivity index (χ1v) is 5.85. The van der Waals surface area contributed by atoms with E-state index >= 15 is 0 Å². The molecule has 0 N–H and O–H groups in total. The van der Waals surface area contributed by atoms with E-state index < -0.39 is 23.1 Å². The van der Waals surface area contributed by atoms with Crippen LogP contribution in [0.1, 0.15) is 33.9 Å². The molecule has 1 unspecified atom stereocenters. The summed E-state index contributed by atoms with van der Waals surface area (Å²) in [6.45, 7) is 13.9. The van der Waals surface area contributed by atoms with Crippen molar-refractivity contribution in [1.29, 1.82) is 0 Å². The van der Waals surface area contributed by atoms with Gasteiger partial charge >= 0.3 is 17.5 Å². The molecule has 7 heteroatoms. The number of aromatic nitrogens is 3. The molecule has 18 heavy (non-hydrogen) atoms. The second-order valence-electron chi connectivity index (χ2n) is 5.04. The van der Waals surface area contributed by atoms with Gasteiger partial charge < -0.3 is 0 Å². The largest absolute Gasteiger partial charge is 0.340 e. The van der Waals surface area contributed by atoms with Crippen LogP contribution in [-0.4, -0.2) is 13.7 Å². The molecule has 1 aromatic rings. The lowest BCUT2D eigenvalue weighted by Crippen LogP contribution is -2.51. The Bertz CT molecular complexity index is 681. The van der Waals surface area contributed by atoms with Gasteiger partial charge in [-0.25, -0.2) is 20.7 Å². The molecule has 0 aliphatic rings. The number of hydrogen-bond acceptors (Lipinski definition) is 3. The summed E-state index contributed by atoms with van der Waals surface area (Å²) in [5.41, 5.74) is -1.68. The lowest BCUT2D eigenvalue weighted by Gasteiger charge is -2.23. The van der Waals surface area contributed by atoms with E-state index in [1.165, 1.54) is 11.6 Å². The highest BCUT2D eigenvalue weighted by Crippen LogP contribution is 2.09. The lowest BCUT2D eigenvalue weighted by molar-refractivity contribution is 0.326. The fourth-order valence-electron chi connectivity index (χ4n) is 1.62. The number of nitrogens with zero attached hydrogens (tertiary/aromatic N) is 4. The minimum Gasteiger partial charge on any atom is -0.289 e. The average molecular weight is 268 g/mol. The summed E-state index contributed by atoms with van der Waals surface area (Å²) in [7, 11) is 1.50. The van der Waals surface area contributed by atoms with Crippen LogP contribution in [0, 0.1) is 11.3 Å². The standard InChI is InChI=1S/C11H16N4O2S/c1-7(12-5)14-9(17)15(11(2,3)4)8(16)13(6)10(14)18/h7H,1-4,6H3. The first kappa shape index (κ1) is 14.4. The molecular weight excluding hydrogens is 252 g/mol. The van der Waals surface area contributed by atoms with Crippen LogP contribution in [0.5, 0.6) is 0 Å². The monoisotopic (exact) mass is 268 g/mol. The van der Waals surface area contributed by atoms with Gasteiger partial charge in [0.25, 0.3) is 0 Å². The van der Waals surface area contributed by atoms with Crippen LogP contribution in [0.3, 0.4) is 0 Å². The first-order chi connectivity index (χ1) is 8.12. The Kier molecular flexibility index (Phi) is 3.62. The van der Waals surface area contributed by atoms with Crippen molar-refractivity contribution in [2.45, 2.75) is 39.4 Å². The third-order valence-electron chi connectivity index (χ3n) is 2.60. The van der Waals surface area contributed by atoms with Gasteiger partial charge in [0.2, 0.25) is 0 Å². The molecule has 6 nitrogen and oxygen atoms in total. The van der Waals surface area contributed by atoms with Crippen molar-refractivity contribution in [3.05, 3.63) is 37.2 Å². The van der Waals surface area contributed by atoms with Crippen LogP contribution >= 0.6 is 12.2 Å². The van der Waals surface area contributed by atoms with Crippen molar-refractivity contribution in [2.24, 2.45) is 7.05 Å². The second-order valence-corrected chi connectivity index (χ2v) is 5.41. The zero-order valence-corrected chi connectivity index (χ0v) is 11.9. The first-order valence-electron chi connectivity index (χ1n) is 5.44. The van der Waals surface area contributed by atoms with Gasteiger partial charge in [-0.2, -0.15) is 4.57 Å². The van der Waals surface area contributed by atoms with E-state index in [0.717, 1.165) is 9.13 Å². The molecule has 0 aliphatic carbocycles. The highest BCUT2D eigenvalue weighted by atomic mass is 32.1. The number of rotatable bonds is 1. The average Bonchev–Trinajstić information content (AvgIpc) is 2.24. The highest BCUT2D eigenvalue weighted by Gasteiger charge is 2.24. The van der Waals surface area contributed by atoms with Gasteiger partial charge in [0.15, 0.2) is 4.77 Å².